The first kappa shape index (κ1) is 17.9. The van der Waals surface area contributed by atoms with E-state index in [2.05, 4.69) is 31.3 Å². The molecule has 24 heavy (non-hydrogen) atoms. The molecule has 6 nitrogen and oxygen atoms in total. The number of hydrogen-bond donors (Lipinski definition) is 3. The van der Waals surface area contributed by atoms with Crippen LogP contribution >= 0.6 is 11.3 Å². The molecular weight excluding hydrogens is 322 g/mol. The molecule has 0 aliphatic carbocycles. The Morgan fingerprint density at radius 2 is 2.04 bits per heavy atom. The molecular formula is C17H23N5OS. The number of aryl methyl sites for hydroxylation is 1. The molecule has 0 radical (unpaired) electrons. The molecule has 3 N–H and O–H groups in total. The summed E-state index contributed by atoms with van der Waals surface area (Å²) in [6.45, 7) is 5.51. The second-order valence-corrected chi connectivity index (χ2v) is 6.21. The van der Waals surface area contributed by atoms with E-state index in [9.17, 15) is 4.79 Å². The Kier molecular flexibility index (Phi) is 7.22. The largest absolute Gasteiger partial charge is 0.357 e. The number of hydrogen-bond acceptors (Lipinski definition) is 4. The number of thiazole rings is 1. The fourth-order valence-electron chi connectivity index (χ4n) is 2.05. The summed E-state index contributed by atoms with van der Waals surface area (Å²) in [4.78, 5) is 20.7. The Bertz CT molecular complexity index is 669. The lowest BCUT2D eigenvalue weighted by Gasteiger charge is -2.10. The van der Waals surface area contributed by atoms with Gasteiger partial charge in [-0.1, -0.05) is 18.2 Å². The van der Waals surface area contributed by atoms with Gasteiger partial charge in [-0.25, -0.2) is 9.98 Å². The van der Waals surface area contributed by atoms with Crippen molar-refractivity contribution in [1.82, 2.24) is 15.6 Å². The van der Waals surface area contributed by atoms with Gasteiger partial charge in [0.1, 0.15) is 6.54 Å². The van der Waals surface area contributed by atoms with Crippen molar-refractivity contribution in [2.24, 2.45) is 4.99 Å². The lowest BCUT2D eigenvalue weighted by atomic mass is 10.3. The lowest BCUT2D eigenvalue weighted by molar-refractivity contribution is -0.114. The van der Waals surface area contributed by atoms with E-state index in [4.69, 9.17) is 0 Å². The highest BCUT2D eigenvalue weighted by atomic mass is 32.1. The van der Waals surface area contributed by atoms with E-state index < -0.39 is 0 Å². The Morgan fingerprint density at radius 3 is 2.71 bits per heavy atom. The average Bonchev–Trinajstić information content (AvgIpc) is 2.99. The maximum atomic E-state index is 11.9. The molecule has 0 bridgehead atoms. The summed E-state index contributed by atoms with van der Waals surface area (Å²) in [5, 5.41) is 12.3. The van der Waals surface area contributed by atoms with Crippen LogP contribution in [0.25, 0.3) is 0 Å². The number of aliphatic imine (C=N–C) groups is 1. The van der Waals surface area contributed by atoms with Crippen LogP contribution in [0.3, 0.4) is 0 Å². The minimum absolute atomic E-state index is 0.0695. The number of aromatic nitrogens is 1. The molecule has 0 aliphatic rings. The molecule has 2 aromatic rings. The number of guanidine groups is 1. The first-order valence-corrected chi connectivity index (χ1v) is 8.83. The highest BCUT2D eigenvalue weighted by Gasteiger charge is 2.03. The summed E-state index contributed by atoms with van der Waals surface area (Å²) in [6, 6.07) is 9.36. The summed E-state index contributed by atoms with van der Waals surface area (Å²) in [6.07, 6.45) is 0.824. The van der Waals surface area contributed by atoms with Crippen molar-refractivity contribution >= 4 is 28.9 Å². The summed E-state index contributed by atoms with van der Waals surface area (Å²) in [5.41, 5.74) is 1.84. The molecule has 2 rings (SSSR count). The Hall–Kier alpha value is -2.41. The molecule has 0 aliphatic heterocycles. The number of carbonyl (C=O) groups excluding carboxylic acids is 1. The zero-order valence-electron chi connectivity index (χ0n) is 14.0. The van der Waals surface area contributed by atoms with Crippen LogP contribution in [-0.4, -0.2) is 36.5 Å². The zero-order valence-corrected chi connectivity index (χ0v) is 14.8. The molecule has 0 unspecified atom stereocenters. The van der Waals surface area contributed by atoms with E-state index in [0.717, 1.165) is 35.9 Å². The van der Waals surface area contributed by atoms with Crippen molar-refractivity contribution in [3.8, 4) is 0 Å². The molecule has 0 saturated heterocycles. The second kappa shape index (κ2) is 9.67. The third-order valence-electron chi connectivity index (χ3n) is 3.12. The normalized spacial score (nSPS) is 11.2. The van der Waals surface area contributed by atoms with Crippen LogP contribution in [0.2, 0.25) is 0 Å². The predicted molar refractivity (Wildman–Crippen MR) is 99.6 cm³/mol. The molecule has 0 atom stereocenters. The number of amides is 1. The quantitative estimate of drug-likeness (QED) is 0.531. The average molecular weight is 345 g/mol. The molecule has 0 saturated carbocycles. The summed E-state index contributed by atoms with van der Waals surface area (Å²) < 4.78 is 0. The van der Waals surface area contributed by atoms with E-state index in [1.165, 1.54) is 0 Å². The van der Waals surface area contributed by atoms with Crippen molar-refractivity contribution < 1.29 is 4.79 Å². The van der Waals surface area contributed by atoms with Crippen LogP contribution < -0.4 is 16.0 Å². The van der Waals surface area contributed by atoms with Crippen molar-refractivity contribution in [3.63, 3.8) is 0 Å². The van der Waals surface area contributed by atoms with Crippen LogP contribution in [0.4, 0.5) is 5.69 Å². The van der Waals surface area contributed by atoms with E-state index in [-0.39, 0.29) is 12.5 Å². The van der Waals surface area contributed by atoms with Crippen LogP contribution in [0, 0.1) is 6.92 Å². The SMILES string of the molecule is CCNC(=NCC(=O)Nc1ccccc1)NCCc1csc(C)n1. The topological polar surface area (TPSA) is 78.4 Å². The highest BCUT2D eigenvalue weighted by molar-refractivity contribution is 7.09. The van der Waals surface area contributed by atoms with Crippen LogP contribution in [0.1, 0.15) is 17.6 Å². The van der Waals surface area contributed by atoms with Gasteiger partial charge < -0.3 is 16.0 Å². The molecule has 128 valence electrons. The van der Waals surface area contributed by atoms with Gasteiger partial charge in [0.05, 0.1) is 10.7 Å². The molecule has 0 fully saturated rings. The standard InChI is InChI=1S/C17H23N5OS/c1-3-18-17(19-10-9-15-12-24-13(2)21-15)20-11-16(23)22-14-7-5-4-6-8-14/h4-8,12H,3,9-11H2,1-2H3,(H,22,23)(H2,18,19,20). The smallest absolute Gasteiger partial charge is 0.246 e. The fourth-order valence-corrected chi connectivity index (χ4v) is 2.69. The van der Waals surface area contributed by atoms with Crippen LogP contribution in [-0.2, 0) is 11.2 Å². The molecule has 1 aromatic carbocycles. The number of benzene rings is 1. The Morgan fingerprint density at radius 1 is 1.25 bits per heavy atom. The summed E-state index contributed by atoms with van der Waals surface area (Å²) >= 11 is 1.65. The monoisotopic (exact) mass is 345 g/mol. The summed E-state index contributed by atoms with van der Waals surface area (Å²) in [5.74, 6) is 0.487. The minimum Gasteiger partial charge on any atom is -0.357 e. The molecule has 1 heterocycles. The van der Waals surface area contributed by atoms with Gasteiger partial charge in [0.2, 0.25) is 5.91 Å². The molecule has 0 spiro atoms. The number of nitrogens with zero attached hydrogens (tertiary/aromatic N) is 2. The van der Waals surface area contributed by atoms with Crippen molar-refractivity contribution in [2.75, 3.05) is 25.0 Å². The first-order chi connectivity index (χ1) is 11.7. The maximum absolute atomic E-state index is 11.9. The van der Waals surface area contributed by atoms with Gasteiger partial charge in [-0.15, -0.1) is 11.3 Å². The van der Waals surface area contributed by atoms with Gasteiger partial charge in [-0.2, -0.15) is 0 Å². The van der Waals surface area contributed by atoms with Gasteiger partial charge in [0.25, 0.3) is 0 Å². The molecule has 1 aromatic heterocycles. The zero-order chi connectivity index (χ0) is 17.2. The van der Waals surface area contributed by atoms with Gasteiger partial charge >= 0.3 is 0 Å². The Balaban J connectivity index is 1.79. The molecule has 7 heteroatoms. The van der Waals surface area contributed by atoms with Crippen LogP contribution in [0.5, 0.6) is 0 Å². The van der Waals surface area contributed by atoms with Gasteiger partial charge in [-0.05, 0) is 26.0 Å². The minimum atomic E-state index is -0.145. The maximum Gasteiger partial charge on any atom is 0.246 e. The van der Waals surface area contributed by atoms with Crippen molar-refractivity contribution in [3.05, 3.63) is 46.4 Å². The number of para-hydroxylation sites is 1. The van der Waals surface area contributed by atoms with E-state index in [0.29, 0.717) is 5.96 Å². The number of carbonyl (C=O) groups is 1. The molecule has 1 amide bonds. The second-order valence-electron chi connectivity index (χ2n) is 5.14. The predicted octanol–water partition coefficient (Wildman–Crippen LogP) is 2.19. The number of rotatable bonds is 7. The van der Waals surface area contributed by atoms with Gasteiger partial charge in [0.15, 0.2) is 5.96 Å². The van der Waals surface area contributed by atoms with Crippen molar-refractivity contribution in [1.29, 1.82) is 0 Å². The number of anilines is 1. The van der Waals surface area contributed by atoms with E-state index in [1.807, 2.05) is 44.2 Å². The number of nitrogens with one attached hydrogen (secondary N) is 3. The van der Waals surface area contributed by atoms with E-state index >= 15 is 0 Å². The van der Waals surface area contributed by atoms with Gasteiger partial charge in [-0.3, -0.25) is 4.79 Å². The highest BCUT2D eigenvalue weighted by Crippen LogP contribution is 2.07. The third kappa shape index (κ3) is 6.37. The van der Waals surface area contributed by atoms with Crippen molar-refractivity contribution in [2.45, 2.75) is 20.3 Å². The third-order valence-corrected chi connectivity index (χ3v) is 3.95. The van der Waals surface area contributed by atoms with Crippen LogP contribution in [0.15, 0.2) is 40.7 Å². The van der Waals surface area contributed by atoms with Gasteiger partial charge in [0, 0.05) is 30.6 Å². The first-order valence-electron chi connectivity index (χ1n) is 7.95. The Labute approximate surface area is 146 Å². The summed E-state index contributed by atoms with van der Waals surface area (Å²) in [7, 11) is 0. The fraction of sp³-hybridized carbons (Fsp3) is 0.353. The van der Waals surface area contributed by atoms with E-state index in [1.54, 1.807) is 11.3 Å². The lowest BCUT2D eigenvalue weighted by Crippen LogP contribution is -2.39.